The normalized spacial score (nSPS) is 12.5. The van der Waals surface area contributed by atoms with Crippen LogP contribution in [0.15, 0.2) is 22.8 Å². The molecule has 0 aliphatic rings. The second-order valence-electron chi connectivity index (χ2n) is 7.21. The average Bonchev–Trinajstić information content (AvgIpc) is 3.19. The van der Waals surface area contributed by atoms with Gasteiger partial charge < -0.3 is 25.1 Å². The molecule has 0 saturated heterocycles. The first-order chi connectivity index (χ1) is 14.7. The van der Waals surface area contributed by atoms with E-state index in [2.05, 4.69) is 21.9 Å². The lowest BCUT2D eigenvalue weighted by Crippen LogP contribution is -2.36. The highest BCUT2D eigenvalue weighted by Crippen LogP contribution is 2.37. The summed E-state index contributed by atoms with van der Waals surface area (Å²) >= 11 is 0. The second kappa shape index (κ2) is 10.9. The summed E-state index contributed by atoms with van der Waals surface area (Å²) in [4.78, 5) is 16.5. The van der Waals surface area contributed by atoms with Gasteiger partial charge in [0, 0.05) is 11.6 Å². The zero-order valence-electron chi connectivity index (χ0n) is 17.6. The molecule has 5 N–H and O–H groups in total. The van der Waals surface area contributed by atoms with Gasteiger partial charge in [0.2, 0.25) is 15.8 Å². The van der Waals surface area contributed by atoms with Crippen LogP contribution < -0.4 is 10.0 Å². The quantitative estimate of drug-likeness (QED) is 0.241. The molecule has 1 heterocycles. The van der Waals surface area contributed by atoms with E-state index in [0.29, 0.717) is 12.0 Å². The van der Waals surface area contributed by atoms with Gasteiger partial charge in [0.05, 0.1) is 5.75 Å². The number of benzene rings is 1. The molecule has 172 valence electrons. The third kappa shape index (κ3) is 7.06. The van der Waals surface area contributed by atoms with Gasteiger partial charge in [-0.25, -0.2) is 13.1 Å². The van der Waals surface area contributed by atoms with Crippen molar-refractivity contribution < 1.29 is 32.9 Å². The minimum atomic E-state index is -3.59. The number of nitrogens with zero attached hydrogens (tertiary/aromatic N) is 1. The highest BCUT2D eigenvalue weighted by atomic mass is 32.2. The van der Waals surface area contributed by atoms with Gasteiger partial charge in [-0.3, -0.25) is 4.79 Å². The summed E-state index contributed by atoms with van der Waals surface area (Å²) in [6.07, 6.45) is 5.80. The third-order valence-electron chi connectivity index (χ3n) is 4.78. The van der Waals surface area contributed by atoms with Crippen molar-refractivity contribution in [2.75, 3.05) is 10.5 Å². The Bertz CT molecular complexity index is 989. The molecule has 1 unspecified atom stereocenters. The number of carbonyl (C=O) groups excluding carboxylic acids is 1. The predicted molar refractivity (Wildman–Crippen MR) is 115 cm³/mol. The lowest BCUT2D eigenvalue weighted by Gasteiger charge is -2.19. The van der Waals surface area contributed by atoms with Crippen molar-refractivity contribution in [3.63, 3.8) is 0 Å². The van der Waals surface area contributed by atoms with Gasteiger partial charge in [-0.15, -0.1) is 0 Å². The highest BCUT2D eigenvalue weighted by molar-refractivity contribution is 7.92. The molecule has 0 spiro atoms. The number of aromatic hydroxyl groups is 3. The lowest BCUT2D eigenvalue weighted by molar-refractivity contribution is 0.0929. The molecular weight excluding hydrogens is 426 g/mol. The summed E-state index contributed by atoms with van der Waals surface area (Å²) < 4.78 is 30.4. The maximum Gasteiger partial charge on any atom is 0.309 e. The standard InChI is InChI=1S/C20H29N3O7S/c1-3-5-6-7-8-14(11-13-9-10-16(24)18(26)17(13)25)21-19(27)15-12-30-20(22-15)23-31(28,29)4-2/h9-10,12,14,24-26H,3-8,11H2,1-2H3,(H,21,27)(H,22,23). The molecule has 2 aromatic rings. The number of anilines is 1. The van der Waals surface area contributed by atoms with Gasteiger partial charge in [0.15, 0.2) is 17.2 Å². The van der Waals surface area contributed by atoms with Crippen LogP contribution in [-0.2, 0) is 16.4 Å². The van der Waals surface area contributed by atoms with Crippen molar-refractivity contribution in [3.8, 4) is 17.2 Å². The van der Waals surface area contributed by atoms with E-state index in [0.717, 1.165) is 31.9 Å². The Hall–Kier alpha value is -2.95. The zero-order valence-corrected chi connectivity index (χ0v) is 18.4. The summed E-state index contributed by atoms with van der Waals surface area (Å²) in [7, 11) is -3.59. The molecular formula is C20H29N3O7S. The van der Waals surface area contributed by atoms with Crippen LogP contribution in [0.3, 0.4) is 0 Å². The number of carbonyl (C=O) groups is 1. The SMILES string of the molecule is CCCCCCC(Cc1ccc(O)c(O)c1O)NC(=O)c1coc(NS(=O)(=O)CC)n1. The number of oxazole rings is 1. The van der Waals surface area contributed by atoms with Crippen LogP contribution in [0.1, 0.15) is 62.0 Å². The van der Waals surface area contributed by atoms with E-state index >= 15 is 0 Å². The third-order valence-corrected chi connectivity index (χ3v) is 6.03. The molecule has 1 amide bonds. The number of amides is 1. The van der Waals surface area contributed by atoms with E-state index in [1.54, 1.807) is 0 Å². The van der Waals surface area contributed by atoms with E-state index in [9.17, 15) is 28.5 Å². The predicted octanol–water partition coefficient (Wildman–Crippen LogP) is 2.86. The lowest BCUT2D eigenvalue weighted by atomic mass is 9.98. The summed E-state index contributed by atoms with van der Waals surface area (Å²) in [5.74, 6) is -2.22. The van der Waals surface area contributed by atoms with Crippen LogP contribution in [0.4, 0.5) is 6.01 Å². The maximum atomic E-state index is 12.6. The monoisotopic (exact) mass is 455 g/mol. The van der Waals surface area contributed by atoms with Crippen molar-refractivity contribution >= 4 is 21.9 Å². The second-order valence-corrected chi connectivity index (χ2v) is 9.22. The summed E-state index contributed by atoms with van der Waals surface area (Å²) in [5.41, 5.74) is 0.276. The number of rotatable bonds is 12. The minimum Gasteiger partial charge on any atom is -0.504 e. The van der Waals surface area contributed by atoms with Crippen LogP contribution >= 0.6 is 0 Å². The van der Waals surface area contributed by atoms with Gasteiger partial charge in [0.25, 0.3) is 5.91 Å². The molecule has 1 aromatic heterocycles. The molecule has 10 nitrogen and oxygen atoms in total. The first kappa shape index (κ1) is 24.3. The van der Waals surface area contributed by atoms with Crippen molar-refractivity contribution in [1.82, 2.24) is 10.3 Å². The fraction of sp³-hybridized carbons (Fsp3) is 0.500. The van der Waals surface area contributed by atoms with Crippen molar-refractivity contribution in [1.29, 1.82) is 0 Å². The maximum absolute atomic E-state index is 12.6. The van der Waals surface area contributed by atoms with E-state index < -0.39 is 39.2 Å². The number of hydrogen-bond acceptors (Lipinski definition) is 8. The molecule has 1 atom stereocenters. The Morgan fingerprint density at radius 1 is 1.13 bits per heavy atom. The molecule has 2 rings (SSSR count). The minimum absolute atomic E-state index is 0.0925. The van der Waals surface area contributed by atoms with Crippen molar-refractivity contribution in [2.45, 2.75) is 58.4 Å². The van der Waals surface area contributed by atoms with Crippen LogP contribution in [0.2, 0.25) is 0 Å². The van der Waals surface area contributed by atoms with Gasteiger partial charge in [0.1, 0.15) is 6.26 Å². The number of unbranched alkanes of at least 4 members (excludes halogenated alkanes) is 3. The first-order valence-corrected chi connectivity index (χ1v) is 11.8. The number of phenols is 3. The van der Waals surface area contributed by atoms with Gasteiger partial charge in [-0.2, -0.15) is 4.98 Å². The number of hydrogen-bond donors (Lipinski definition) is 5. The number of phenolic OH excluding ortho intramolecular Hbond substituents is 3. The van der Waals surface area contributed by atoms with Crippen LogP contribution in [0.5, 0.6) is 17.2 Å². The summed E-state index contributed by atoms with van der Waals surface area (Å²) in [5, 5.41) is 32.2. The summed E-state index contributed by atoms with van der Waals surface area (Å²) in [6, 6.07) is 2.05. The molecule has 0 aliphatic heterocycles. The molecule has 0 bridgehead atoms. The molecule has 1 aromatic carbocycles. The molecule has 31 heavy (non-hydrogen) atoms. The van der Waals surface area contributed by atoms with Gasteiger partial charge in [-0.1, -0.05) is 38.7 Å². The smallest absolute Gasteiger partial charge is 0.309 e. The Kier molecular flexibility index (Phi) is 8.55. The van der Waals surface area contributed by atoms with Crippen molar-refractivity contribution in [3.05, 3.63) is 29.7 Å². The van der Waals surface area contributed by atoms with E-state index in [1.165, 1.54) is 19.1 Å². The van der Waals surface area contributed by atoms with Crippen molar-refractivity contribution in [2.24, 2.45) is 0 Å². The zero-order chi connectivity index (χ0) is 23.0. The van der Waals surface area contributed by atoms with Crippen LogP contribution in [0, 0.1) is 0 Å². The molecule has 11 heteroatoms. The number of aromatic nitrogens is 1. The summed E-state index contributed by atoms with van der Waals surface area (Å²) in [6.45, 7) is 3.55. The Balaban J connectivity index is 2.12. The molecule has 0 saturated carbocycles. The Labute approximate surface area is 181 Å². The van der Waals surface area contributed by atoms with E-state index in [1.807, 2.05) is 0 Å². The first-order valence-electron chi connectivity index (χ1n) is 10.2. The largest absolute Gasteiger partial charge is 0.504 e. The fourth-order valence-corrected chi connectivity index (χ4v) is 3.48. The Morgan fingerprint density at radius 3 is 2.55 bits per heavy atom. The highest BCUT2D eigenvalue weighted by Gasteiger charge is 2.21. The Morgan fingerprint density at radius 2 is 1.87 bits per heavy atom. The molecule has 0 aliphatic carbocycles. The van der Waals surface area contributed by atoms with E-state index in [-0.39, 0.29) is 23.9 Å². The topological polar surface area (TPSA) is 162 Å². The number of sulfonamides is 1. The van der Waals surface area contributed by atoms with E-state index in [4.69, 9.17) is 4.42 Å². The van der Waals surface area contributed by atoms with Crippen LogP contribution in [-0.4, -0.2) is 46.4 Å². The van der Waals surface area contributed by atoms with Gasteiger partial charge >= 0.3 is 6.01 Å². The number of nitrogens with one attached hydrogen (secondary N) is 2. The molecule has 0 fully saturated rings. The molecule has 0 radical (unpaired) electrons. The fourth-order valence-electron chi connectivity index (χ4n) is 2.97. The van der Waals surface area contributed by atoms with Gasteiger partial charge in [-0.05, 0) is 25.8 Å². The van der Waals surface area contributed by atoms with Crippen LogP contribution in [0.25, 0.3) is 0 Å². The average molecular weight is 456 g/mol.